The highest BCUT2D eigenvalue weighted by Gasteiger charge is 2.29. The van der Waals surface area contributed by atoms with Gasteiger partial charge in [-0.25, -0.2) is 0 Å². The zero-order chi connectivity index (χ0) is 24.1. The summed E-state index contributed by atoms with van der Waals surface area (Å²) in [6, 6.07) is 16.2. The molecule has 1 saturated heterocycles. The molecule has 0 amide bonds. The van der Waals surface area contributed by atoms with E-state index in [4.69, 9.17) is 4.74 Å². The molecule has 34 heavy (non-hydrogen) atoms. The molecule has 0 aromatic heterocycles. The van der Waals surface area contributed by atoms with Gasteiger partial charge < -0.3 is 9.64 Å². The first-order chi connectivity index (χ1) is 16.3. The molecule has 0 unspecified atom stereocenters. The number of hydrogen-bond donors (Lipinski definition) is 0. The first kappa shape index (κ1) is 23.6. The summed E-state index contributed by atoms with van der Waals surface area (Å²) in [4.78, 5) is 2.27. The van der Waals surface area contributed by atoms with E-state index in [0.29, 0.717) is 17.1 Å². The molecular weight excluding hydrogens is 443 g/mol. The number of nitrogens with zero attached hydrogens (tertiary/aromatic N) is 5. The highest BCUT2D eigenvalue weighted by Crippen LogP contribution is 2.33. The number of alkyl halides is 3. The molecule has 6 nitrogen and oxygen atoms in total. The number of anilines is 1. The fourth-order valence-electron chi connectivity index (χ4n) is 3.49. The molecule has 0 N–H and O–H groups in total. The molecule has 1 aliphatic rings. The van der Waals surface area contributed by atoms with Crippen molar-refractivity contribution >= 4 is 28.4 Å². The van der Waals surface area contributed by atoms with E-state index >= 15 is 0 Å². The van der Waals surface area contributed by atoms with E-state index in [2.05, 4.69) is 25.4 Å². The lowest BCUT2D eigenvalue weighted by Gasteiger charge is -2.28. The number of azo groups is 2. The molecule has 0 atom stereocenters. The minimum absolute atomic E-state index is 0.342. The summed E-state index contributed by atoms with van der Waals surface area (Å²) in [5, 5.41) is 17.0. The van der Waals surface area contributed by atoms with Crippen LogP contribution in [0.2, 0.25) is 0 Å². The third-order valence-electron chi connectivity index (χ3n) is 5.48. The van der Waals surface area contributed by atoms with Crippen LogP contribution in [0.25, 0.3) is 0 Å². The number of ether oxygens (including phenoxy) is 1. The van der Waals surface area contributed by atoms with Crippen LogP contribution in [0.15, 0.2) is 81.1 Å². The van der Waals surface area contributed by atoms with Crippen molar-refractivity contribution in [3.05, 3.63) is 77.4 Å². The van der Waals surface area contributed by atoms with Gasteiger partial charge in [0.1, 0.15) is 0 Å². The van der Waals surface area contributed by atoms with Gasteiger partial charge in [-0.3, -0.25) is 0 Å². The smallest absolute Gasteiger partial charge is 0.378 e. The van der Waals surface area contributed by atoms with Crippen LogP contribution in [0, 0.1) is 13.8 Å². The highest BCUT2D eigenvalue weighted by molar-refractivity contribution is 5.59. The van der Waals surface area contributed by atoms with Crippen molar-refractivity contribution < 1.29 is 17.9 Å². The SMILES string of the molecule is Cc1cc(N=Nc2ccc(C(F)(F)F)cc2)c(C)cc1N=Nc1ccc(N2CCOCC2)cc1. The average Bonchev–Trinajstić information content (AvgIpc) is 2.84. The molecule has 0 bridgehead atoms. The molecule has 1 fully saturated rings. The molecule has 3 aromatic rings. The molecule has 3 aromatic carbocycles. The van der Waals surface area contributed by atoms with Crippen LogP contribution in [-0.4, -0.2) is 26.3 Å². The lowest BCUT2D eigenvalue weighted by Crippen LogP contribution is -2.36. The van der Waals surface area contributed by atoms with Crippen molar-refractivity contribution in [2.24, 2.45) is 20.5 Å². The van der Waals surface area contributed by atoms with Crippen molar-refractivity contribution in [1.82, 2.24) is 0 Å². The maximum atomic E-state index is 12.7. The first-order valence-corrected chi connectivity index (χ1v) is 10.8. The van der Waals surface area contributed by atoms with E-state index in [1.807, 2.05) is 50.2 Å². The van der Waals surface area contributed by atoms with Gasteiger partial charge in [0.15, 0.2) is 0 Å². The van der Waals surface area contributed by atoms with Crippen LogP contribution >= 0.6 is 0 Å². The summed E-state index contributed by atoms with van der Waals surface area (Å²) in [6.45, 7) is 6.99. The second kappa shape index (κ2) is 10.1. The maximum absolute atomic E-state index is 12.7. The normalized spacial score (nSPS) is 14.9. The molecule has 0 spiro atoms. The largest absolute Gasteiger partial charge is 0.416 e. The summed E-state index contributed by atoms with van der Waals surface area (Å²) in [5.41, 5.74) is 4.53. The zero-order valence-electron chi connectivity index (χ0n) is 18.9. The van der Waals surface area contributed by atoms with Gasteiger partial charge in [-0.2, -0.15) is 33.6 Å². The number of halogens is 3. The van der Waals surface area contributed by atoms with Crippen LogP contribution in [0.3, 0.4) is 0 Å². The van der Waals surface area contributed by atoms with Gasteiger partial charge in [-0.05, 0) is 85.6 Å². The fraction of sp³-hybridized carbons (Fsp3) is 0.280. The van der Waals surface area contributed by atoms with Crippen LogP contribution in [0.5, 0.6) is 0 Å². The molecule has 0 saturated carbocycles. The van der Waals surface area contributed by atoms with Crippen molar-refractivity contribution in [3.63, 3.8) is 0 Å². The molecule has 4 rings (SSSR count). The lowest BCUT2D eigenvalue weighted by atomic mass is 10.1. The van der Waals surface area contributed by atoms with E-state index < -0.39 is 11.7 Å². The monoisotopic (exact) mass is 467 g/mol. The Kier molecular flexibility index (Phi) is 7.02. The first-order valence-electron chi connectivity index (χ1n) is 10.8. The second-order valence-electron chi connectivity index (χ2n) is 7.99. The minimum atomic E-state index is -4.38. The van der Waals surface area contributed by atoms with Gasteiger partial charge in [-0.1, -0.05) is 0 Å². The van der Waals surface area contributed by atoms with Crippen molar-refractivity contribution in [1.29, 1.82) is 0 Å². The Morgan fingerprint density at radius 3 is 1.65 bits per heavy atom. The van der Waals surface area contributed by atoms with Gasteiger partial charge in [0.2, 0.25) is 0 Å². The van der Waals surface area contributed by atoms with Gasteiger partial charge in [0.25, 0.3) is 0 Å². The van der Waals surface area contributed by atoms with Crippen LogP contribution in [0.1, 0.15) is 16.7 Å². The van der Waals surface area contributed by atoms with Gasteiger partial charge in [0.05, 0.1) is 41.5 Å². The molecule has 176 valence electrons. The predicted molar refractivity (Wildman–Crippen MR) is 125 cm³/mol. The van der Waals surface area contributed by atoms with Crippen LogP contribution in [0.4, 0.5) is 41.6 Å². The van der Waals surface area contributed by atoms with Crippen LogP contribution < -0.4 is 4.90 Å². The third kappa shape index (κ3) is 5.85. The quantitative estimate of drug-likeness (QED) is 0.357. The summed E-state index contributed by atoms with van der Waals surface area (Å²) >= 11 is 0. The lowest BCUT2D eigenvalue weighted by molar-refractivity contribution is -0.137. The summed E-state index contributed by atoms with van der Waals surface area (Å²) in [6.07, 6.45) is -4.38. The molecular formula is C25H24F3N5O. The van der Waals surface area contributed by atoms with Gasteiger partial charge in [-0.15, -0.1) is 0 Å². The van der Waals surface area contributed by atoms with Crippen molar-refractivity contribution in [2.75, 3.05) is 31.2 Å². The molecule has 9 heteroatoms. The summed E-state index contributed by atoms with van der Waals surface area (Å²) in [7, 11) is 0. The Hall–Kier alpha value is -3.59. The Labute approximate surface area is 195 Å². The standard InChI is InChI=1S/C25H24F3N5O/c1-17-16-24(32-30-21-7-9-22(10-8-21)33-11-13-34-14-12-33)18(2)15-23(17)31-29-20-5-3-19(4-6-20)25(26,27)28/h3-10,15-16H,11-14H2,1-2H3. The number of morpholine rings is 1. The minimum Gasteiger partial charge on any atom is -0.378 e. The summed E-state index contributed by atoms with van der Waals surface area (Å²) < 4.78 is 43.5. The average molecular weight is 467 g/mol. The van der Waals surface area contributed by atoms with Crippen molar-refractivity contribution in [2.45, 2.75) is 20.0 Å². The molecule has 1 heterocycles. The van der Waals surface area contributed by atoms with E-state index in [1.54, 1.807) is 0 Å². The van der Waals surface area contributed by atoms with E-state index in [-0.39, 0.29) is 0 Å². The number of benzene rings is 3. The molecule has 0 radical (unpaired) electrons. The Balaban J connectivity index is 1.44. The van der Waals surface area contributed by atoms with Gasteiger partial charge in [0, 0.05) is 18.8 Å². The van der Waals surface area contributed by atoms with E-state index in [1.165, 1.54) is 12.1 Å². The molecule has 1 aliphatic heterocycles. The highest BCUT2D eigenvalue weighted by atomic mass is 19.4. The maximum Gasteiger partial charge on any atom is 0.416 e. The summed E-state index contributed by atoms with van der Waals surface area (Å²) in [5.74, 6) is 0. The zero-order valence-corrected chi connectivity index (χ0v) is 18.9. The Morgan fingerprint density at radius 2 is 1.18 bits per heavy atom. The topological polar surface area (TPSA) is 61.9 Å². The number of aryl methyl sites for hydroxylation is 2. The van der Waals surface area contributed by atoms with E-state index in [0.717, 1.165) is 60.9 Å². The Morgan fingerprint density at radius 1 is 0.706 bits per heavy atom. The van der Waals surface area contributed by atoms with Crippen LogP contribution in [-0.2, 0) is 10.9 Å². The third-order valence-corrected chi connectivity index (χ3v) is 5.48. The van der Waals surface area contributed by atoms with Gasteiger partial charge >= 0.3 is 6.18 Å². The Bertz CT molecular complexity index is 1180. The predicted octanol–water partition coefficient (Wildman–Crippen LogP) is 7.99. The molecule has 0 aliphatic carbocycles. The fourth-order valence-corrected chi connectivity index (χ4v) is 3.49. The number of rotatable bonds is 5. The van der Waals surface area contributed by atoms with E-state index in [9.17, 15) is 13.2 Å². The second-order valence-corrected chi connectivity index (χ2v) is 7.99. The van der Waals surface area contributed by atoms with Crippen molar-refractivity contribution in [3.8, 4) is 0 Å². The number of hydrogen-bond acceptors (Lipinski definition) is 6.